The summed E-state index contributed by atoms with van der Waals surface area (Å²) in [5.41, 5.74) is 10.8. The molecule has 0 aliphatic rings. The van der Waals surface area contributed by atoms with Crippen molar-refractivity contribution in [2.24, 2.45) is 11.5 Å². The molecule has 6 N–H and O–H groups in total. The van der Waals surface area contributed by atoms with Crippen molar-refractivity contribution in [3.8, 4) is 0 Å². The highest BCUT2D eigenvalue weighted by atomic mass is 16.6. The number of carbonyl (C=O) groups is 2. The van der Waals surface area contributed by atoms with Gasteiger partial charge < -0.3 is 36.3 Å². The minimum atomic E-state index is -0.494. The normalized spacial score (nSPS) is 10.4. The molecule has 0 rings (SSSR count). The van der Waals surface area contributed by atoms with Gasteiger partial charge in [-0.15, -0.1) is 0 Å². The Hall–Kier alpha value is -1.58. The molecule has 0 aromatic carbocycles. The van der Waals surface area contributed by atoms with E-state index >= 15 is 0 Å². The number of alkyl carbamates (subject to hydrolysis) is 2. The lowest BCUT2D eigenvalue weighted by Gasteiger charge is -2.14. The fourth-order valence-electron chi connectivity index (χ4n) is 1.64. The molecule has 0 spiro atoms. The summed E-state index contributed by atoms with van der Waals surface area (Å²) in [6, 6.07) is 0. The number of hydrogen-bond donors (Lipinski definition) is 4. The van der Waals surface area contributed by atoms with Crippen LogP contribution >= 0.6 is 0 Å². The predicted octanol–water partition coefficient (Wildman–Crippen LogP) is -0.0684. The standard InChI is InChI=1S/C14H30N4O5/c1-21-8-9-22-13(19)17-6-4-2-3-5-7-18-14(20)23-12(10-15)11-16/h12H,2-11,15-16H2,1H3,(H,17,19)(H,18,20). The van der Waals surface area contributed by atoms with Crippen LogP contribution in [0.2, 0.25) is 0 Å². The molecule has 0 saturated carbocycles. The van der Waals surface area contributed by atoms with Crippen LogP contribution in [0.15, 0.2) is 0 Å². The Bertz CT molecular complexity index is 314. The van der Waals surface area contributed by atoms with E-state index in [1.165, 1.54) is 0 Å². The molecule has 0 atom stereocenters. The second kappa shape index (κ2) is 15.3. The number of nitrogens with one attached hydrogen (secondary N) is 2. The molecule has 0 radical (unpaired) electrons. The first-order valence-corrected chi connectivity index (χ1v) is 7.88. The highest BCUT2D eigenvalue weighted by Gasteiger charge is 2.09. The smallest absolute Gasteiger partial charge is 0.407 e. The van der Waals surface area contributed by atoms with Crippen LogP contribution in [0.4, 0.5) is 9.59 Å². The van der Waals surface area contributed by atoms with Gasteiger partial charge in [0.15, 0.2) is 0 Å². The zero-order chi connectivity index (χ0) is 17.3. The van der Waals surface area contributed by atoms with Crippen LogP contribution in [-0.2, 0) is 14.2 Å². The van der Waals surface area contributed by atoms with Crippen molar-refractivity contribution < 1.29 is 23.8 Å². The first-order chi connectivity index (χ1) is 11.1. The summed E-state index contributed by atoms with van der Waals surface area (Å²) in [7, 11) is 1.55. The van der Waals surface area contributed by atoms with E-state index in [-0.39, 0.29) is 19.7 Å². The van der Waals surface area contributed by atoms with Gasteiger partial charge in [-0.25, -0.2) is 9.59 Å². The predicted molar refractivity (Wildman–Crippen MR) is 86.1 cm³/mol. The van der Waals surface area contributed by atoms with Gasteiger partial charge in [0.2, 0.25) is 0 Å². The summed E-state index contributed by atoms with van der Waals surface area (Å²) >= 11 is 0. The number of nitrogens with two attached hydrogens (primary N) is 2. The summed E-state index contributed by atoms with van der Waals surface area (Å²) < 4.78 is 14.6. The molecule has 136 valence electrons. The zero-order valence-electron chi connectivity index (χ0n) is 13.8. The van der Waals surface area contributed by atoms with Gasteiger partial charge in [-0.1, -0.05) is 12.8 Å². The van der Waals surface area contributed by atoms with Crippen LogP contribution in [0.25, 0.3) is 0 Å². The third-order valence-electron chi connectivity index (χ3n) is 2.96. The first kappa shape index (κ1) is 21.4. The van der Waals surface area contributed by atoms with Gasteiger partial charge in [0.25, 0.3) is 0 Å². The van der Waals surface area contributed by atoms with Gasteiger partial charge in [-0.2, -0.15) is 0 Å². The van der Waals surface area contributed by atoms with E-state index < -0.39 is 18.3 Å². The van der Waals surface area contributed by atoms with Crippen LogP contribution in [0.3, 0.4) is 0 Å². The van der Waals surface area contributed by atoms with Crippen molar-refractivity contribution in [2.45, 2.75) is 31.8 Å². The van der Waals surface area contributed by atoms with E-state index in [1.807, 2.05) is 0 Å². The number of unbranched alkanes of at least 4 members (excludes halogenated alkanes) is 3. The van der Waals surface area contributed by atoms with Crippen LogP contribution < -0.4 is 22.1 Å². The molecule has 9 nitrogen and oxygen atoms in total. The SMILES string of the molecule is COCCOC(=O)NCCCCCCNC(=O)OC(CN)CN. The van der Waals surface area contributed by atoms with Crippen molar-refractivity contribution in [1.82, 2.24) is 10.6 Å². The number of amides is 2. The van der Waals surface area contributed by atoms with E-state index in [0.29, 0.717) is 19.7 Å². The van der Waals surface area contributed by atoms with Gasteiger partial charge >= 0.3 is 12.2 Å². The molecule has 0 unspecified atom stereocenters. The van der Waals surface area contributed by atoms with Crippen molar-refractivity contribution in [3.05, 3.63) is 0 Å². The summed E-state index contributed by atoms with van der Waals surface area (Å²) in [4.78, 5) is 22.6. The number of ether oxygens (including phenoxy) is 3. The van der Waals surface area contributed by atoms with E-state index in [9.17, 15) is 9.59 Å². The topological polar surface area (TPSA) is 138 Å². The summed E-state index contributed by atoms with van der Waals surface area (Å²) in [5.74, 6) is 0. The molecule has 2 amide bonds. The molecule has 0 aromatic heterocycles. The molecule has 0 bridgehead atoms. The Morgan fingerprint density at radius 3 is 2.00 bits per heavy atom. The third kappa shape index (κ3) is 13.8. The second-order valence-corrected chi connectivity index (χ2v) is 4.90. The third-order valence-corrected chi connectivity index (χ3v) is 2.96. The van der Waals surface area contributed by atoms with E-state index in [0.717, 1.165) is 25.7 Å². The van der Waals surface area contributed by atoms with Crippen molar-refractivity contribution in [3.63, 3.8) is 0 Å². The fraction of sp³-hybridized carbons (Fsp3) is 0.857. The molecular weight excluding hydrogens is 304 g/mol. The Kier molecular flexibility index (Phi) is 14.3. The first-order valence-electron chi connectivity index (χ1n) is 7.88. The van der Waals surface area contributed by atoms with Crippen LogP contribution in [0.1, 0.15) is 25.7 Å². The van der Waals surface area contributed by atoms with Gasteiger partial charge in [-0.3, -0.25) is 0 Å². The lowest BCUT2D eigenvalue weighted by atomic mass is 10.2. The monoisotopic (exact) mass is 334 g/mol. The Morgan fingerprint density at radius 2 is 1.48 bits per heavy atom. The van der Waals surface area contributed by atoms with Gasteiger partial charge in [0, 0.05) is 33.3 Å². The highest BCUT2D eigenvalue weighted by molar-refractivity contribution is 5.67. The molecule has 0 heterocycles. The van der Waals surface area contributed by atoms with Gasteiger partial charge in [0.1, 0.15) is 12.7 Å². The quantitative estimate of drug-likeness (QED) is 0.346. The van der Waals surface area contributed by atoms with Gasteiger partial charge in [-0.05, 0) is 12.8 Å². The maximum absolute atomic E-state index is 11.4. The average Bonchev–Trinajstić information content (AvgIpc) is 2.55. The van der Waals surface area contributed by atoms with Crippen LogP contribution in [-0.4, -0.2) is 64.8 Å². The minimum absolute atomic E-state index is 0.213. The van der Waals surface area contributed by atoms with E-state index in [4.69, 9.17) is 25.7 Å². The zero-order valence-corrected chi connectivity index (χ0v) is 13.8. The Labute approximate surface area is 137 Å². The summed E-state index contributed by atoms with van der Waals surface area (Å²) in [6.45, 7) is 2.16. The maximum Gasteiger partial charge on any atom is 0.407 e. The second-order valence-electron chi connectivity index (χ2n) is 4.90. The maximum atomic E-state index is 11.4. The number of carbonyl (C=O) groups excluding carboxylic acids is 2. The summed E-state index contributed by atoms with van der Waals surface area (Å²) in [6.07, 6.45) is 2.22. The van der Waals surface area contributed by atoms with Crippen molar-refractivity contribution in [1.29, 1.82) is 0 Å². The average molecular weight is 334 g/mol. The number of hydrogen-bond acceptors (Lipinski definition) is 7. The highest BCUT2D eigenvalue weighted by Crippen LogP contribution is 1.98. The molecule has 0 fully saturated rings. The molecule has 0 aliphatic heterocycles. The van der Waals surface area contributed by atoms with Crippen LogP contribution in [0.5, 0.6) is 0 Å². The molecular formula is C14H30N4O5. The lowest BCUT2D eigenvalue weighted by Crippen LogP contribution is -2.37. The van der Waals surface area contributed by atoms with E-state index in [1.54, 1.807) is 7.11 Å². The molecule has 9 heteroatoms. The van der Waals surface area contributed by atoms with E-state index in [2.05, 4.69) is 10.6 Å². The Morgan fingerprint density at radius 1 is 0.913 bits per heavy atom. The minimum Gasteiger partial charge on any atom is -0.447 e. The molecule has 0 aromatic rings. The number of rotatable bonds is 13. The number of methoxy groups -OCH3 is 1. The molecule has 0 saturated heterocycles. The summed E-state index contributed by atoms with van der Waals surface area (Å²) in [5, 5.41) is 5.30. The fourth-order valence-corrected chi connectivity index (χ4v) is 1.64. The van der Waals surface area contributed by atoms with Crippen molar-refractivity contribution in [2.75, 3.05) is 46.5 Å². The largest absolute Gasteiger partial charge is 0.447 e. The Balaban J connectivity index is 3.36. The lowest BCUT2D eigenvalue weighted by molar-refractivity contribution is 0.0984. The van der Waals surface area contributed by atoms with Gasteiger partial charge in [0.05, 0.1) is 6.61 Å². The molecule has 0 aliphatic carbocycles. The van der Waals surface area contributed by atoms with Crippen LogP contribution in [0, 0.1) is 0 Å². The van der Waals surface area contributed by atoms with Crippen molar-refractivity contribution >= 4 is 12.2 Å². The molecule has 23 heavy (non-hydrogen) atoms.